The van der Waals surface area contributed by atoms with Crippen molar-refractivity contribution in [3.8, 4) is 11.1 Å². The van der Waals surface area contributed by atoms with Gasteiger partial charge in [0.15, 0.2) is 5.54 Å². The molecule has 1 atom stereocenters. The molecule has 2 aliphatic heterocycles. The largest absolute Gasteiger partial charge is 0.331 e. The van der Waals surface area contributed by atoms with Crippen molar-refractivity contribution in [1.82, 2.24) is 20.5 Å². The molecule has 0 bridgehead atoms. The number of amides is 4. The lowest BCUT2D eigenvalue weighted by molar-refractivity contribution is -0.124. The number of nitrogens with one attached hydrogen (secondary N) is 2. The first-order valence-corrected chi connectivity index (χ1v) is 10.1. The number of urea groups is 1. The molecule has 3 heterocycles. The second kappa shape index (κ2) is 7.21. The van der Waals surface area contributed by atoms with E-state index >= 15 is 0 Å². The van der Waals surface area contributed by atoms with Crippen LogP contribution in [-0.4, -0.2) is 34.3 Å². The molecular weight excluding hydrogens is 416 g/mol. The van der Waals surface area contributed by atoms with Crippen molar-refractivity contribution in [3.63, 3.8) is 0 Å². The fourth-order valence-electron chi connectivity index (χ4n) is 4.14. The van der Waals surface area contributed by atoms with E-state index in [1.165, 1.54) is 0 Å². The minimum atomic E-state index is -1.38. The van der Waals surface area contributed by atoms with Crippen LogP contribution < -0.4 is 10.6 Å². The normalized spacial score (nSPS) is 19.9. The van der Waals surface area contributed by atoms with Crippen molar-refractivity contribution >= 4 is 29.4 Å². The Morgan fingerprint density at radius 2 is 1.68 bits per heavy atom. The molecule has 1 aromatic heterocycles. The van der Waals surface area contributed by atoms with E-state index in [9.17, 15) is 14.4 Å². The molecule has 2 N–H and O–H groups in total. The van der Waals surface area contributed by atoms with Gasteiger partial charge in [-0.15, -0.1) is 0 Å². The number of carbonyl (C=O) groups is 3. The first kappa shape index (κ1) is 19.3. The monoisotopic (exact) mass is 432 g/mol. The zero-order chi connectivity index (χ0) is 21.6. The summed E-state index contributed by atoms with van der Waals surface area (Å²) in [4.78, 5) is 43.5. The van der Waals surface area contributed by atoms with Crippen LogP contribution in [0, 0.1) is 0 Å². The number of hydrogen-bond donors (Lipinski definition) is 2. The van der Waals surface area contributed by atoms with Crippen LogP contribution in [0.3, 0.4) is 0 Å². The second-order valence-electron chi connectivity index (χ2n) is 7.59. The van der Waals surface area contributed by atoms with Gasteiger partial charge in [0.1, 0.15) is 0 Å². The maximum atomic E-state index is 13.0. The van der Waals surface area contributed by atoms with Crippen LogP contribution in [0.2, 0.25) is 5.02 Å². The van der Waals surface area contributed by atoms with Crippen molar-refractivity contribution in [1.29, 1.82) is 0 Å². The third kappa shape index (κ3) is 3.23. The minimum Gasteiger partial charge on any atom is -0.331 e. The highest BCUT2D eigenvalue weighted by molar-refractivity contribution is 6.31. The molecule has 0 unspecified atom stereocenters. The van der Waals surface area contributed by atoms with Gasteiger partial charge in [0.05, 0.1) is 6.54 Å². The van der Waals surface area contributed by atoms with E-state index < -0.39 is 17.5 Å². The van der Waals surface area contributed by atoms with Crippen LogP contribution in [-0.2, 0) is 16.9 Å². The lowest BCUT2D eigenvalue weighted by atomic mass is 9.88. The SMILES string of the molecule is O=C1NC(=O)[C@](CN2Cc3ccc(Cl)cc3C2=O)(c2ccc(-c3ccncc3)cc2)N1. The summed E-state index contributed by atoms with van der Waals surface area (Å²) in [7, 11) is 0. The van der Waals surface area contributed by atoms with Gasteiger partial charge in [0.25, 0.3) is 11.8 Å². The first-order valence-electron chi connectivity index (χ1n) is 9.68. The number of imide groups is 1. The number of hydrogen-bond acceptors (Lipinski definition) is 4. The van der Waals surface area contributed by atoms with Gasteiger partial charge in [-0.2, -0.15) is 0 Å². The molecule has 2 aromatic carbocycles. The number of benzene rings is 2. The predicted octanol–water partition coefficient (Wildman–Crippen LogP) is 3.09. The number of pyridine rings is 1. The summed E-state index contributed by atoms with van der Waals surface area (Å²) in [5.74, 6) is -0.713. The van der Waals surface area contributed by atoms with Gasteiger partial charge in [0.2, 0.25) is 0 Å². The Hall–Kier alpha value is -3.71. The molecule has 0 aliphatic carbocycles. The Kier molecular flexibility index (Phi) is 4.48. The zero-order valence-electron chi connectivity index (χ0n) is 16.3. The van der Waals surface area contributed by atoms with E-state index in [-0.39, 0.29) is 12.5 Å². The number of aromatic nitrogens is 1. The Balaban J connectivity index is 1.49. The second-order valence-corrected chi connectivity index (χ2v) is 8.03. The summed E-state index contributed by atoms with van der Waals surface area (Å²) in [6.07, 6.45) is 3.41. The smallest absolute Gasteiger partial charge is 0.322 e. The topological polar surface area (TPSA) is 91.4 Å². The molecule has 1 saturated heterocycles. The summed E-state index contributed by atoms with van der Waals surface area (Å²) >= 11 is 6.04. The first-order chi connectivity index (χ1) is 15.0. The summed E-state index contributed by atoms with van der Waals surface area (Å²) in [6, 6.07) is 15.7. The number of carbonyl (C=O) groups excluding carboxylic acids is 3. The van der Waals surface area contributed by atoms with E-state index in [2.05, 4.69) is 15.6 Å². The molecule has 0 spiro atoms. The van der Waals surface area contributed by atoms with Crippen LogP contribution in [0.1, 0.15) is 21.5 Å². The van der Waals surface area contributed by atoms with Gasteiger partial charge in [-0.1, -0.05) is 41.9 Å². The van der Waals surface area contributed by atoms with Gasteiger partial charge in [-0.25, -0.2) is 4.79 Å². The molecule has 5 rings (SSSR count). The number of rotatable bonds is 4. The van der Waals surface area contributed by atoms with Crippen molar-refractivity contribution in [2.75, 3.05) is 6.54 Å². The van der Waals surface area contributed by atoms with Crippen molar-refractivity contribution < 1.29 is 14.4 Å². The van der Waals surface area contributed by atoms with Crippen LogP contribution in [0.5, 0.6) is 0 Å². The highest BCUT2D eigenvalue weighted by atomic mass is 35.5. The van der Waals surface area contributed by atoms with Crippen LogP contribution >= 0.6 is 11.6 Å². The van der Waals surface area contributed by atoms with E-state index in [0.29, 0.717) is 22.7 Å². The van der Waals surface area contributed by atoms with E-state index in [4.69, 9.17) is 11.6 Å². The zero-order valence-corrected chi connectivity index (χ0v) is 17.0. The number of halogens is 1. The molecule has 3 aromatic rings. The van der Waals surface area contributed by atoms with E-state index in [0.717, 1.165) is 16.7 Å². The van der Waals surface area contributed by atoms with Crippen LogP contribution in [0.25, 0.3) is 11.1 Å². The maximum absolute atomic E-state index is 13.0. The van der Waals surface area contributed by atoms with E-state index in [1.807, 2.05) is 24.3 Å². The molecule has 0 radical (unpaired) electrons. The average Bonchev–Trinajstić information content (AvgIpc) is 3.24. The highest BCUT2D eigenvalue weighted by Gasteiger charge is 2.50. The quantitative estimate of drug-likeness (QED) is 0.620. The highest BCUT2D eigenvalue weighted by Crippen LogP contribution is 2.33. The molecule has 31 heavy (non-hydrogen) atoms. The van der Waals surface area contributed by atoms with Crippen molar-refractivity contribution in [3.05, 3.63) is 88.7 Å². The average molecular weight is 433 g/mol. The molecule has 4 amide bonds. The van der Waals surface area contributed by atoms with Gasteiger partial charge in [-0.05, 0) is 46.5 Å². The Bertz CT molecular complexity index is 1210. The number of fused-ring (bicyclic) bond motifs is 1. The third-order valence-corrected chi connectivity index (χ3v) is 5.95. The molecule has 7 nitrogen and oxygen atoms in total. The Labute approximate surface area is 183 Å². The van der Waals surface area contributed by atoms with Gasteiger partial charge < -0.3 is 10.2 Å². The molecule has 0 saturated carbocycles. The molecule has 1 fully saturated rings. The minimum absolute atomic E-state index is 0.00428. The Morgan fingerprint density at radius 3 is 2.35 bits per heavy atom. The van der Waals surface area contributed by atoms with Crippen molar-refractivity contribution in [2.24, 2.45) is 0 Å². The third-order valence-electron chi connectivity index (χ3n) is 5.71. The molecule has 154 valence electrons. The fraction of sp³-hybridized carbons (Fsp3) is 0.130. The lowest BCUT2D eigenvalue weighted by Crippen LogP contribution is -2.52. The summed E-state index contributed by atoms with van der Waals surface area (Å²) < 4.78 is 0. The predicted molar refractivity (Wildman–Crippen MR) is 114 cm³/mol. The maximum Gasteiger partial charge on any atom is 0.322 e. The standard InChI is InChI=1S/C23H17ClN4O3/c24-18-6-3-16-12-28(20(29)19(16)11-18)13-23(21(30)26-22(31)27-23)17-4-1-14(2-5-17)15-7-9-25-10-8-15/h1-11H,12-13H2,(H2,26,27,30,31)/t23-/m0/s1. The lowest BCUT2D eigenvalue weighted by Gasteiger charge is -2.31. The summed E-state index contributed by atoms with van der Waals surface area (Å²) in [6.45, 7) is 0.343. The summed E-state index contributed by atoms with van der Waals surface area (Å²) in [5, 5.41) is 5.54. The van der Waals surface area contributed by atoms with Gasteiger partial charge >= 0.3 is 6.03 Å². The number of nitrogens with zero attached hydrogens (tertiary/aromatic N) is 2. The van der Waals surface area contributed by atoms with Crippen LogP contribution in [0.4, 0.5) is 4.79 Å². The van der Waals surface area contributed by atoms with Gasteiger partial charge in [-0.3, -0.25) is 19.9 Å². The molecule has 2 aliphatic rings. The van der Waals surface area contributed by atoms with Gasteiger partial charge in [0, 0.05) is 29.5 Å². The van der Waals surface area contributed by atoms with Crippen LogP contribution in [0.15, 0.2) is 67.0 Å². The fourth-order valence-corrected chi connectivity index (χ4v) is 4.31. The molecule has 8 heteroatoms. The van der Waals surface area contributed by atoms with Crippen molar-refractivity contribution in [2.45, 2.75) is 12.1 Å². The molecular formula is C23H17ClN4O3. The van der Waals surface area contributed by atoms with E-state index in [1.54, 1.807) is 47.6 Å². The Morgan fingerprint density at radius 1 is 0.968 bits per heavy atom. The summed E-state index contributed by atoms with van der Waals surface area (Å²) in [5.41, 5.74) is 2.50.